The van der Waals surface area contributed by atoms with Crippen molar-refractivity contribution in [2.24, 2.45) is 0 Å². The summed E-state index contributed by atoms with van der Waals surface area (Å²) in [6, 6.07) is 22.1. The van der Waals surface area contributed by atoms with Crippen LogP contribution in [-0.4, -0.2) is 28.5 Å². The monoisotopic (exact) mass is 457 g/mol. The highest BCUT2D eigenvalue weighted by Gasteiger charge is 2.27. The lowest BCUT2D eigenvalue weighted by Crippen LogP contribution is -2.27. The summed E-state index contributed by atoms with van der Waals surface area (Å²) in [6.45, 7) is 3.86. The molecule has 0 radical (unpaired) electrons. The Labute approximate surface area is 198 Å². The molecule has 1 atom stereocenters. The molecule has 1 amide bonds. The van der Waals surface area contributed by atoms with E-state index in [4.69, 9.17) is 9.47 Å². The molecule has 0 saturated heterocycles. The molecule has 1 aromatic heterocycles. The molecule has 7 heteroatoms. The van der Waals surface area contributed by atoms with E-state index in [9.17, 15) is 9.59 Å². The van der Waals surface area contributed by atoms with Gasteiger partial charge in [0.1, 0.15) is 18.1 Å². The van der Waals surface area contributed by atoms with Crippen LogP contribution in [-0.2, 0) is 27.3 Å². The Morgan fingerprint density at radius 3 is 2.50 bits per heavy atom. The number of esters is 1. The van der Waals surface area contributed by atoms with Crippen molar-refractivity contribution in [1.82, 2.24) is 9.55 Å². The molecule has 0 spiro atoms. The van der Waals surface area contributed by atoms with Crippen molar-refractivity contribution in [3.63, 3.8) is 0 Å². The third-order valence-corrected chi connectivity index (χ3v) is 5.54. The lowest BCUT2D eigenvalue weighted by Gasteiger charge is -2.20. The summed E-state index contributed by atoms with van der Waals surface area (Å²) in [5.41, 5.74) is 3.71. The van der Waals surface area contributed by atoms with E-state index in [1.165, 1.54) is 7.11 Å². The number of aromatic nitrogens is 2. The minimum Gasteiger partial charge on any atom is -0.495 e. The fraction of sp³-hybridized carbons (Fsp3) is 0.222. The number of carbonyl (C=O) groups is 2. The first-order chi connectivity index (χ1) is 16.5. The van der Waals surface area contributed by atoms with Gasteiger partial charge in [-0.05, 0) is 36.8 Å². The molecule has 34 heavy (non-hydrogen) atoms. The standard InChI is InChI=1S/C27H27N3O4/c1-4-24-28-20-12-8-9-13-22(20)30(24)17-25(31)34-26(19-10-6-5-7-11-19)27(32)29-21-16-18(2)14-15-23(21)33-3/h5-16,26H,4,17H2,1-3H3,(H,29,32). The van der Waals surface area contributed by atoms with Gasteiger partial charge >= 0.3 is 5.97 Å². The van der Waals surface area contributed by atoms with Gasteiger partial charge in [0.15, 0.2) is 0 Å². The molecule has 0 aliphatic carbocycles. The summed E-state index contributed by atoms with van der Waals surface area (Å²) in [5, 5.41) is 2.86. The largest absolute Gasteiger partial charge is 0.495 e. The van der Waals surface area contributed by atoms with Gasteiger partial charge in [-0.2, -0.15) is 0 Å². The van der Waals surface area contributed by atoms with Gasteiger partial charge in [0, 0.05) is 12.0 Å². The maximum Gasteiger partial charge on any atom is 0.327 e. The van der Waals surface area contributed by atoms with Crippen molar-refractivity contribution in [1.29, 1.82) is 0 Å². The fourth-order valence-electron chi connectivity index (χ4n) is 3.89. The van der Waals surface area contributed by atoms with Gasteiger partial charge in [-0.1, -0.05) is 55.5 Å². The summed E-state index contributed by atoms with van der Waals surface area (Å²) in [7, 11) is 1.54. The molecule has 7 nitrogen and oxygen atoms in total. The molecular weight excluding hydrogens is 430 g/mol. The van der Waals surface area contributed by atoms with E-state index >= 15 is 0 Å². The van der Waals surface area contributed by atoms with Crippen molar-refractivity contribution in [2.45, 2.75) is 32.9 Å². The number of hydrogen-bond acceptors (Lipinski definition) is 5. The predicted octanol–water partition coefficient (Wildman–Crippen LogP) is 4.84. The van der Waals surface area contributed by atoms with Gasteiger partial charge in [-0.15, -0.1) is 0 Å². The predicted molar refractivity (Wildman–Crippen MR) is 131 cm³/mol. The quantitative estimate of drug-likeness (QED) is 0.383. The molecule has 0 fully saturated rings. The second-order valence-electron chi connectivity index (χ2n) is 7.93. The van der Waals surface area contributed by atoms with Crippen molar-refractivity contribution in [3.05, 3.63) is 89.7 Å². The van der Waals surface area contributed by atoms with Crippen molar-refractivity contribution in [3.8, 4) is 5.75 Å². The number of amides is 1. The zero-order valence-electron chi connectivity index (χ0n) is 19.4. The summed E-state index contributed by atoms with van der Waals surface area (Å²) >= 11 is 0. The average Bonchev–Trinajstić information content (AvgIpc) is 3.20. The number of para-hydroxylation sites is 2. The molecule has 1 unspecified atom stereocenters. The van der Waals surface area contributed by atoms with Gasteiger partial charge in [0.05, 0.1) is 23.8 Å². The van der Waals surface area contributed by atoms with E-state index < -0.39 is 18.0 Å². The van der Waals surface area contributed by atoms with Crippen molar-refractivity contribution < 1.29 is 19.1 Å². The molecule has 3 aromatic carbocycles. The highest BCUT2D eigenvalue weighted by atomic mass is 16.5. The Balaban J connectivity index is 1.60. The number of fused-ring (bicyclic) bond motifs is 1. The number of aryl methyl sites for hydroxylation is 2. The van der Waals surface area contributed by atoms with Crippen LogP contribution in [0.1, 0.15) is 30.0 Å². The van der Waals surface area contributed by atoms with E-state index in [-0.39, 0.29) is 6.54 Å². The van der Waals surface area contributed by atoms with E-state index in [0.29, 0.717) is 23.4 Å². The van der Waals surface area contributed by atoms with Crippen LogP contribution in [0.25, 0.3) is 11.0 Å². The number of anilines is 1. The number of benzene rings is 3. The molecule has 4 aromatic rings. The van der Waals surface area contributed by atoms with Gasteiger partial charge in [0.25, 0.3) is 5.91 Å². The van der Waals surface area contributed by atoms with Crippen LogP contribution < -0.4 is 10.1 Å². The zero-order chi connectivity index (χ0) is 24.1. The number of methoxy groups -OCH3 is 1. The number of nitrogens with zero attached hydrogens (tertiary/aromatic N) is 2. The second-order valence-corrected chi connectivity index (χ2v) is 7.93. The van der Waals surface area contributed by atoms with Gasteiger partial charge < -0.3 is 19.4 Å². The molecule has 0 saturated carbocycles. The minimum absolute atomic E-state index is 0.0476. The Bertz CT molecular complexity index is 1310. The zero-order valence-corrected chi connectivity index (χ0v) is 19.4. The van der Waals surface area contributed by atoms with Gasteiger partial charge in [-0.25, -0.2) is 4.98 Å². The number of hydrogen-bond donors (Lipinski definition) is 1. The molecule has 174 valence electrons. The molecule has 1 N–H and O–H groups in total. The maximum absolute atomic E-state index is 13.3. The first-order valence-electron chi connectivity index (χ1n) is 11.1. The molecule has 1 heterocycles. The Kier molecular flexibility index (Phi) is 6.92. The van der Waals surface area contributed by atoms with Crippen LogP contribution >= 0.6 is 0 Å². The number of imidazole rings is 1. The first kappa shape index (κ1) is 23.0. The number of carbonyl (C=O) groups excluding carboxylic acids is 2. The minimum atomic E-state index is -1.13. The SMILES string of the molecule is CCc1nc2ccccc2n1CC(=O)OC(C(=O)Nc1cc(C)ccc1OC)c1ccccc1. The van der Waals surface area contributed by atoms with E-state index in [2.05, 4.69) is 10.3 Å². The Morgan fingerprint density at radius 1 is 1.03 bits per heavy atom. The molecule has 0 bridgehead atoms. The average molecular weight is 458 g/mol. The van der Waals surface area contributed by atoms with Gasteiger partial charge in [-0.3, -0.25) is 9.59 Å². The number of rotatable bonds is 8. The van der Waals surface area contributed by atoms with Crippen LogP contribution in [0.3, 0.4) is 0 Å². The van der Waals surface area contributed by atoms with E-state index in [0.717, 1.165) is 22.4 Å². The Hall–Kier alpha value is -4.13. The van der Waals surface area contributed by atoms with Crippen LogP contribution in [0.15, 0.2) is 72.8 Å². The highest BCUT2D eigenvalue weighted by molar-refractivity contribution is 5.97. The van der Waals surface area contributed by atoms with Crippen LogP contribution in [0, 0.1) is 6.92 Å². The van der Waals surface area contributed by atoms with Gasteiger partial charge in [0.2, 0.25) is 6.10 Å². The molecule has 0 aliphatic heterocycles. The maximum atomic E-state index is 13.3. The van der Waals surface area contributed by atoms with E-state index in [1.54, 1.807) is 30.3 Å². The second kappa shape index (κ2) is 10.2. The lowest BCUT2D eigenvalue weighted by atomic mass is 10.1. The summed E-state index contributed by atoms with van der Waals surface area (Å²) in [6.07, 6.45) is -0.462. The third kappa shape index (κ3) is 4.93. The normalized spacial score (nSPS) is 11.7. The lowest BCUT2D eigenvalue weighted by molar-refractivity contribution is -0.155. The highest BCUT2D eigenvalue weighted by Crippen LogP contribution is 2.28. The number of nitrogens with one attached hydrogen (secondary N) is 1. The summed E-state index contributed by atoms with van der Waals surface area (Å²) < 4.78 is 13.0. The third-order valence-electron chi connectivity index (χ3n) is 5.54. The molecule has 0 aliphatic rings. The van der Waals surface area contributed by atoms with Crippen LogP contribution in [0.5, 0.6) is 5.75 Å². The Morgan fingerprint density at radius 2 is 1.76 bits per heavy atom. The fourth-order valence-corrected chi connectivity index (χ4v) is 3.89. The molecular formula is C27H27N3O4. The molecule has 4 rings (SSSR count). The summed E-state index contributed by atoms with van der Waals surface area (Å²) in [5.74, 6) is 0.311. The van der Waals surface area contributed by atoms with Crippen molar-refractivity contribution >= 4 is 28.6 Å². The van der Waals surface area contributed by atoms with Crippen LogP contribution in [0.4, 0.5) is 5.69 Å². The number of ether oxygens (including phenoxy) is 2. The smallest absolute Gasteiger partial charge is 0.327 e. The topological polar surface area (TPSA) is 82.5 Å². The first-order valence-corrected chi connectivity index (χ1v) is 11.1. The van der Waals surface area contributed by atoms with Crippen molar-refractivity contribution in [2.75, 3.05) is 12.4 Å². The van der Waals surface area contributed by atoms with E-state index in [1.807, 2.05) is 60.9 Å². The van der Waals surface area contributed by atoms with Crippen LogP contribution in [0.2, 0.25) is 0 Å². The summed E-state index contributed by atoms with van der Waals surface area (Å²) in [4.78, 5) is 31.0.